The monoisotopic (exact) mass is 270 g/mol. The van der Waals surface area contributed by atoms with Gasteiger partial charge in [0.05, 0.1) is 5.02 Å². The molecule has 0 aliphatic carbocycles. The fourth-order valence-electron chi connectivity index (χ4n) is 1.23. The number of anilines is 1. The molecule has 0 saturated heterocycles. The molecule has 0 fully saturated rings. The molecule has 0 saturated carbocycles. The number of nitrogens with zero attached hydrogens (tertiary/aromatic N) is 3. The highest BCUT2D eigenvalue weighted by Gasteiger charge is 2.08. The zero-order valence-electron chi connectivity index (χ0n) is 8.82. The highest BCUT2D eigenvalue weighted by atomic mass is 35.5. The number of aromatic nitrogens is 3. The lowest BCUT2D eigenvalue weighted by molar-refractivity contribution is 0.628. The number of thioether (sulfide) groups is 1. The van der Waals surface area contributed by atoms with Gasteiger partial charge in [0.15, 0.2) is 11.0 Å². The minimum Gasteiger partial charge on any atom is -0.368 e. The van der Waals surface area contributed by atoms with Crippen LogP contribution >= 0.6 is 23.4 Å². The first-order valence-electron chi connectivity index (χ1n) is 4.61. The lowest BCUT2D eigenvalue weighted by Crippen LogP contribution is -2.01. The van der Waals surface area contributed by atoms with Gasteiger partial charge < -0.3 is 5.73 Å². The number of halogens is 2. The van der Waals surface area contributed by atoms with E-state index in [9.17, 15) is 4.39 Å². The molecule has 0 unspecified atom stereocenters. The van der Waals surface area contributed by atoms with Crippen LogP contribution in [0.3, 0.4) is 0 Å². The fraction of sp³-hybridized carbons (Fsp3) is 0.100. The highest BCUT2D eigenvalue weighted by Crippen LogP contribution is 2.23. The van der Waals surface area contributed by atoms with Crippen LogP contribution in [0.1, 0.15) is 0 Å². The van der Waals surface area contributed by atoms with Crippen LogP contribution < -0.4 is 5.73 Å². The Kier molecular flexibility index (Phi) is 3.44. The summed E-state index contributed by atoms with van der Waals surface area (Å²) in [4.78, 5) is 12.0. The fourth-order valence-corrected chi connectivity index (χ4v) is 1.71. The quantitative estimate of drug-likeness (QED) is 0.850. The maximum absolute atomic E-state index is 13.3. The molecule has 0 radical (unpaired) electrons. The van der Waals surface area contributed by atoms with Crippen LogP contribution in [0.25, 0.3) is 11.4 Å². The van der Waals surface area contributed by atoms with Crippen molar-refractivity contribution in [1.82, 2.24) is 15.0 Å². The maximum Gasteiger partial charge on any atom is 0.224 e. The minimum absolute atomic E-state index is 0.0564. The molecule has 7 heteroatoms. The largest absolute Gasteiger partial charge is 0.368 e. The van der Waals surface area contributed by atoms with Crippen LogP contribution in [-0.4, -0.2) is 21.2 Å². The van der Waals surface area contributed by atoms with Crippen molar-refractivity contribution in [3.8, 4) is 11.4 Å². The van der Waals surface area contributed by atoms with Crippen LogP contribution in [0.5, 0.6) is 0 Å². The Labute approximate surface area is 106 Å². The van der Waals surface area contributed by atoms with Gasteiger partial charge in [-0.05, 0) is 24.5 Å². The molecule has 0 aliphatic heterocycles. The van der Waals surface area contributed by atoms with Crippen molar-refractivity contribution < 1.29 is 4.39 Å². The predicted octanol–water partition coefficient (Wildman–Crippen LogP) is 2.64. The number of benzene rings is 1. The molecule has 1 aromatic carbocycles. The van der Waals surface area contributed by atoms with Crippen molar-refractivity contribution in [3.63, 3.8) is 0 Å². The first kappa shape index (κ1) is 12.1. The molecule has 88 valence electrons. The van der Waals surface area contributed by atoms with E-state index in [1.165, 1.54) is 23.9 Å². The average molecular weight is 271 g/mol. The Hall–Kier alpha value is -1.40. The van der Waals surface area contributed by atoms with E-state index in [0.717, 1.165) is 0 Å². The van der Waals surface area contributed by atoms with E-state index < -0.39 is 5.82 Å². The van der Waals surface area contributed by atoms with Crippen LogP contribution in [0.15, 0.2) is 23.4 Å². The van der Waals surface area contributed by atoms with Gasteiger partial charge in [-0.1, -0.05) is 23.4 Å². The summed E-state index contributed by atoms with van der Waals surface area (Å²) in [7, 11) is 0. The number of nitrogens with two attached hydrogens (primary N) is 1. The maximum atomic E-state index is 13.3. The first-order valence-corrected chi connectivity index (χ1v) is 6.21. The average Bonchev–Trinajstić information content (AvgIpc) is 2.32. The van der Waals surface area contributed by atoms with Crippen molar-refractivity contribution in [2.45, 2.75) is 5.16 Å². The van der Waals surface area contributed by atoms with Crippen LogP contribution in [-0.2, 0) is 0 Å². The zero-order valence-corrected chi connectivity index (χ0v) is 10.4. The summed E-state index contributed by atoms with van der Waals surface area (Å²) in [5.41, 5.74) is 6.06. The Bertz CT molecular complexity index is 564. The lowest BCUT2D eigenvalue weighted by Gasteiger charge is -2.03. The zero-order chi connectivity index (χ0) is 12.4. The minimum atomic E-state index is -0.520. The molecule has 0 bridgehead atoms. The second kappa shape index (κ2) is 4.85. The van der Waals surface area contributed by atoms with Gasteiger partial charge in [-0.15, -0.1) is 0 Å². The number of nitrogen functional groups attached to an aromatic ring is 1. The van der Waals surface area contributed by atoms with Crippen LogP contribution in [0.4, 0.5) is 10.3 Å². The van der Waals surface area contributed by atoms with Crippen LogP contribution in [0, 0.1) is 5.82 Å². The van der Waals surface area contributed by atoms with E-state index in [1.54, 1.807) is 6.07 Å². The Morgan fingerprint density at radius 1 is 1.29 bits per heavy atom. The van der Waals surface area contributed by atoms with Crippen molar-refractivity contribution >= 4 is 29.3 Å². The van der Waals surface area contributed by atoms with Gasteiger partial charge in [0.1, 0.15) is 5.82 Å². The molecule has 1 heterocycles. The molecule has 2 N–H and O–H groups in total. The van der Waals surface area contributed by atoms with Gasteiger partial charge in [0.2, 0.25) is 5.95 Å². The molecular weight excluding hydrogens is 263 g/mol. The summed E-state index contributed by atoms with van der Waals surface area (Å²) < 4.78 is 13.3. The summed E-state index contributed by atoms with van der Waals surface area (Å²) in [6, 6.07) is 4.34. The molecule has 0 amide bonds. The summed E-state index contributed by atoms with van der Waals surface area (Å²) in [5.74, 6) is -0.0824. The van der Waals surface area contributed by atoms with Crippen molar-refractivity contribution in [2.75, 3.05) is 12.0 Å². The Morgan fingerprint density at radius 2 is 2.06 bits per heavy atom. The summed E-state index contributed by atoms with van der Waals surface area (Å²) in [5, 5.41) is 0.545. The topological polar surface area (TPSA) is 64.7 Å². The molecule has 0 spiro atoms. The van der Waals surface area contributed by atoms with Crippen molar-refractivity contribution in [1.29, 1.82) is 0 Å². The Morgan fingerprint density at radius 3 is 2.71 bits per heavy atom. The van der Waals surface area contributed by atoms with Crippen molar-refractivity contribution in [2.24, 2.45) is 0 Å². The van der Waals surface area contributed by atoms with Gasteiger partial charge in [0.25, 0.3) is 0 Å². The lowest BCUT2D eigenvalue weighted by atomic mass is 10.2. The molecule has 0 aliphatic rings. The summed E-state index contributed by atoms with van der Waals surface area (Å²) in [6.45, 7) is 0. The Balaban J connectivity index is 2.52. The van der Waals surface area contributed by atoms with Gasteiger partial charge in [-0.3, -0.25) is 0 Å². The highest BCUT2D eigenvalue weighted by molar-refractivity contribution is 7.98. The predicted molar refractivity (Wildman–Crippen MR) is 66.4 cm³/mol. The van der Waals surface area contributed by atoms with E-state index in [2.05, 4.69) is 15.0 Å². The molecule has 0 atom stereocenters. The van der Waals surface area contributed by atoms with E-state index >= 15 is 0 Å². The van der Waals surface area contributed by atoms with Gasteiger partial charge in [0, 0.05) is 5.56 Å². The van der Waals surface area contributed by atoms with Crippen molar-refractivity contribution in [3.05, 3.63) is 29.0 Å². The smallest absolute Gasteiger partial charge is 0.224 e. The van der Waals surface area contributed by atoms with Gasteiger partial charge in [-0.2, -0.15) is 9.97 Å². The van der Waals surface area contributed by atoms with Gasteiger partial charge >= 0.3 is 0 Å². The SMILES string of the molecule is CSc1nc(N)nc(-c2ccc(Cl)c(F)c2)n1. The normalized spacial score (nSPS) is 10.5. The molecule has 2 rings (SSSR count). The number of hydrogen-bond acceptors (Lipinski definition) is 5. The first-order chi connectivity index (χ1) is 8.10. The van der Waals surface area contributed by atoms with Gasteiger partial charge in [-0.25, -0.2) is 9.37 Å². The molecule has 17 heavy (non-hydrogen) atoms. The third-order valence-corrected chi connectivity index (χ3v) is 2.85. The standard InChI is InChI=1S/C10H8ClFN4S/c1-17-10-15-8(14-9(13)16-10)5-2-3-6(11)7(12)4-5/h2-4H,1H3,(H2,13,14,15,16). The third kappa shape index (κ3) is 2.65. The summed E-state index contributed by atoms with van der Waals surface area (Å²) >= 11 is 6.94. The second-order valence-corrected chi connectivity index (χ2v) is 4.31. The number of rotatable bonds is 2. The molecule has 1 aromatic heterocycles. The van der Waals surface area contributed by atoms with E-state index in [-0.39, 0.29) is 11.0 Å². The van der Waals surface area contributed by atoms with E-state index in [1.807, 2.05) is 6.26 Å². The van der Waals surface area contributed by atoms with E-state index in [0.29, 0.717) is 16.5 Å². The molecule has 2 aromatic rings. The second-order valence-electron chi connectivity index (χ2n) is 3.13. The molecular formula is C10H8ClFN4S. The van der Waals surface area contributed by atoms with Crippen LogP contribution in [0.2, 0.25) is 5.02 Å². The summed E-state index contributed by atoms with van der Waals surface area (Å²) in [6.07, 6.45) is 1.82. The number of hydrogen-bond donors (Lipinski definition) is 1. The third-order valence-electron chi connectivity index (χ3n) is 1.99. The van der Waals surface area contributed by atoms with E-state index in [4.69, 9.17) is 17.3 Å². The molecule has 4 nitrogen and oxygen atoms in total.